The normalized spacial score (nSPS) is 50.5. The second-order valence-electron chi connectivity index (χ2n) is 18.4. The van der Waals surface area contributed by atoms with E-state index in [1.54, 1.807) is 4.90 Å². The second-order valence-corrected chi connectivity index (χ2v) is 18.4. The SMILES string of the molecule is CC(C)C(OC(=O)N1CCC1)C1CC(C)C2C(O1)C(O)C1(N)C3CCC4C(C)(C)C(OC(=O)N5CCC5)CCC45CC35CCC21C. The molecule has 5 aliphatic carbocycles. The number of hydrogen-bond acceptors (Lipinski definition) is 7. The zero-order valence-electron chi connectivity index (χ0n) is 29.1. The minimum atomic E-state index is -0.759. The Morgan fingerprint density at radius 1 is 0.913 bits per heavy atom. The van der Waals surface area contributed by atoms with Gasteiger partial charge in [0.25, 0.3) is 0 Å². The van der Waals surface area contributed by atoms with Crippen LogP contribution in [0.5, 0.6) is 0 Å². The van der Waals surface area contributed by atoms with E-state index in [1.807, 2.05) is 4.90 Å². The van der Waals surface area contributed by atoms with Gasteiger partial charge >= 0.3 is 12.2 Å². The van der Waals surface area contributed by atoms with E-state index in [9.17, 15) is 14.7 Å². The number of aliphatic hydroxyl groups excluding tert-OH is 1. The summed E-state index contributed by atoms with van der Waals surface area (Å²) in [6.07, 6.45) is 8.17. The van der Waals surface area contributed by atoms with Crippen LogP contribution in [0.1, 0.15) is 106 Å². The zero-order chi connectivity index (χ0) is 32.6. The molecule has 0 bridgehead atoms. The van der Waals surface area contributed by atoms with Crippen LogP contribution in [0.25, 0.3) is 0 Å². The number of fused-ring (bicyclic) bond motifs is 4. The van der Waals surface area contributed by atoms with Gasteiger partial charge < -0.3 is 34.9 Å². The van der Waals surface area contributed by atoms with Crippen molar-refractivity contribution in [1.29, 1.82) is 0 Å². The summed E-state index contributed by atoms with van der Waals surface area (Å²) in [5.74, 6) is 1.30. The van der Waals surface area contributed by atoms with Gasteiger partial charge in [-0.2, -0.15) is 0 Å². The standard InChI is InChI=1S/C37H59N3O6/c1-21(2)28(46-32(43)40-17-8-18-40)23-19-22(3)27-29(44-23)30(41)37(38)25-10-9-24-33(4,5)26(45-31(42)39-15-7-16-39)11-12-35(24)20-36(25,35)14-13-34(27,37)6/h21-30,41H,7-20,38H2,1-6H3. The van der Waals surface area contributed by atoms with Crippen molar-refractivity contribution in [2.45, 2.75) is 142 Å². The van der Waals surface area contributed by atoms with Crippen molar-refractivity contribution >= 4 is 12.2 Å². The van der Waals surface area contributed by atoms with Crippen LogP contribution in [0.3, 0.4) is 0 Å². The molecule has 3 saturated heterocycles. The van der Waals surface area contributed by atoms with E-state index in [1.165, 1.54) is 6.42 Å². The van der Waals surface area contributed by atoms with Crippen molar-refractivity contribution in [2.75, 3.05) is 26.2 Å². The van der Waals surface area contributed by atoms with Crippen LogP contribution >= 0.6 is 0 Å². The van der Waals surface area contributed by atoms with Gasteiger partial charge in [0.15, 0.2) is 0 Å². The molecule has 13 atom stereocenters. The Bertz CT molecular complexity index is 1270. The van der Waals surface area contributed by atoms with Crippen LogP contribution in [0.4, 0.5) is 9.59 Å². The van der Waals surface area contributed by atoms with Crippen LogP contribution in [0.2, 0.25) is 0 Å². The quantitative estimate of drug-likeness (QED) is 0.413. The average Bonchev–Trinajstić information content (AvgIpc) is 3.56. The lowest BCUT2D eigenvalue weighted by Gasteiger charge is -2.63. The van der Waals surface area contributed by atoms with Crippen molar-refractivity contribution in [3.8, 4) is 0 Å². The van der Waals surface area contributed by atoms with E-state index < -0.39 is 11.6 Å². The maximum atomic E-state index is 12.9. The molecule has 9 heteroatoms. The highest BCUT2D eigenvalue weighted by molar-refractivity contribution is 5.69. The summed E-state index contributed by atoms with van der Waals surface area (Å²) in [6.45, 7) is 16.7. The van der Waals surface area contributed by atoms with Crippen LogP contribution in [0, 0.1) is 51.2 Å². The lowest BCUT2D eigenvalue weighted by atomic mass is 9.43. The number of nitrogens with two attached hydrogens (primary N) is 1. The molecule has 13 unspecified atom stereocenters. The van der Waals surface area contributed by atoms with Gasteiger partial charge in [-0.1, -0.05) is 41.5 Å². The molecule has 2 spiro atoms. The third kappa shape index (κ3) is 3.91. The topological polar surface area (TPSA) is 115 Å². The Morgan fingerprint density at radius 2 is 1.54 bits per heavy atom. The molecule has 0 radical (unpaired) electrons. The third-order valence-corrected chi connectivity index (χ3v) is 16.0. The zero-order valence-corrected chi connectivity index (χ0v) is 29.1. The van der Waals surface area contributed by atoms with Gasteiger partial charge in [-0.15, -0.1) is 0 Å². The molecule has 9 nitrogen and oxygen atoms in total. The van der Waals surface area contributed by atoms with E-state index >= 15 is 0 Å². The highest BCUT2D eigenvalue weighted by Crippen LogP contribution is 2.87. The highest BCUT2D eigenvalue weighted by Gasteiger charge is 2.85. The molecule has 8 aliphatic rings. The van der Waals surface area contributed by atoms with Crippen LogP contribution in [-0.4, -0.2) is 89.3 Å². The minimum absolute atomic E-state index is 0.0543. The molecular formula is C37H59N3O6. The summed E-state index contributed by atoms with van der Waals surface area (Å²) in [5, 5.41) is 12.5. The van der Waals surface area contributed by atoms with Gasteiger partial charge in [0, 0.05) is 31.6 Å². The summed E-state index contributed by atoms with van der Waals surface area (Å²) in [7, 11) is 0. The first kappa shape index (κ1) is 31.7. The summed E-state index contributed by atoms with van der Waals surface area (Å²) in [4.78, 5) is 29.4. The molecule has 3 aliphatic heterocycles. The van der Waals surface area contributed by atoms with Crippen molar-refractivity contribution < 1.29 is 28.9 Å². The Balaban J connectivity index is 1.04. The molecule has 258 valence electrons. The number of ether oxygens (including phenoxy) is 3. The Labute approximate surface area is 275 Å². The number of amides is 2. The highest BCUT2D eigenvalue weighted by atomic mass is 16.6. The molecule has 0 aromatic carbocycles. The summed E-state index contributed by atoms with van der Waals surface area (Å²) < 4.78 is 19.3. The third-order valence-electron chi connectivity index (χ3n) is 16.0. The predicted molar refractivity (Wildman–Crippen MR) is 173 cm³/mol. The lowest BCUT2D eigenvalue weighted by molar-refractivity contribution is -0.180. The van der Waals surface area contributed by atoms with Gasteiger partial charge in [-0.05, 0) is 110 Å². The predicted octanol–water partition coefficient (Wildman–Crippen LogP) is 5.57. The number of hydrogen-bond donors (Lipinski definition) is 2. The molecule has 46 heavy (non-hydrogen) atoms. The molecule has 2 amide bonds. The molecule has 8 rings (SSSR count). The molecule has 5 saturated carbocycles. The van der Waals surface area contributed by atoms with Gasteiger partial charge in [0.05, 0.1) is 23.9 Å². The summed E-state index contributed by atoms with van der Waals surface area (Å²) in [6, 6.07) is 0. The lowest BCUT2D eigenvalue weighted by Crippen LogP contribution is -2.70. The molecule has 3 N–H and O–H groups in total. The van der Waals surface area contributed by atoms with Crippen molar-refractivity contribution in [3.05, 3.63) is 0 Å². The van der Waals surface area contributed by atoms with Crippen molar-refractivity contribution in [1.82, 2.24) is 9.80 Å². The number of likely N-dealkylation sites (tertiary alicyclic amines) is 2. The van der Waals surface area contributed by atoms with E-state index in [0.717, 1.165) is 84.0 Å². The van der Waals surface area contributed by atoms with E-state index in [2.05, 4.69) is 41.5 Å². The van der Waals surface area contributed by atoms with Crippen LogP contribution in [0.15, 0.2) is 0 Å². The maximum absolute atomic E-state index is 12.9. The Morgan fingerprint density at radius 3 is 2.17 bits per heavy atom. The first-order valence-electron chi connectivity index (χ1n) is 18.7. The monoisotopic (exact) mass is 641 g/mol. The van der Waals surface area contributed by atoms with Gasteiger partial charge in [-0.25, -0.2) is 9.59 Å². The van der Waals surface area contributed by atoms with Crippen LogP contribution in [-0.2, 0) is 14.2 Å². The van der Waals surface area contributed by atoms with Crippen molar-refractivity contribution in [2.24, 2.45) is 57.0 Å². The average molecular weight is 642 g/mol. The summed E-state index contributed by atoms with van der Waals surface area (Å²) >= 11 is 0. The molecular weight excluding hydrogens is 582 g/mol. The molecule has 8 fully saturated rings. The number of carbonyl (C=O) groups is 2. The van der Waals surface area contributed by atoms with E-state index in [4.69, 9.17) is 19.9 Å². The molecule has 0 aromatic heterocycles. The Hall–Kier alpha value is -1.58. The first-order chi connectivity index (χ1) is 21.7. The minimum Gasteiger partial charge on any atom is -0.446 e. The van der Waals surface area contributed by atoms with Gasteiger partial charge in [-0.3, -0.25) is 0 Å². The molecule has 0 aromatic rings. The van der Waals surface area contributed by atoms with Gasteiger partial charge in [0.2, 0.25) is 0 Å². The number of rotatable bonds is 4. The maximum Gasteiger partial charge on any atom is 0.410 e. The van der Waals surface area contributed by atoms with Crippen LogP contribution < -0.4 is 5.73 Å². The fourth-order valence-corrected chi connectivity index (χ4v) is 13.4. The second kappa shape index (κ2) is 10.2. The number of aliphatic hydroxyl groups is 1. The van der Waals surface area contributed by atoms with E-state index in [-0.39, 0.29) is 76.0 Å². The van der Waals surface area contributed by atoms with Gasteiger partial charge in [0.1, 0.15) is 12.2 Å². The summed E-state index contributed by atoms with van der Waals surface area (Å²) in [5.41, 5.74) is 7.09. The fraction of sp³-hybridized carbons (Fsp3) is 0.946. The Kier molecular flexibility index (Phi) is 7.04. The first-order valence-corrected chi connectivity index (χ1v) is 18.7. The largest absolute Gasteiger partial charge is 0.446 e. The van der Waals surface area contributed by atoms with Crippen molar-refractivity contribution in [3.63, 3.8) is 0 Å². The number of nitrogens with zero attached hydrogens (tertiary/aromatic N) is 2. The number of carbonyl (C=O) groups excluding carboxylic acids is 2. The van der Waals surface area contributed by atoms with E-state index in [0.29, 0.717) is 11.8 Å². The fourth-order valence-electron chi connectivity index (χ4n) is 13.4. The smallest absolute Gasteiger partial charge is 0.410 e. The molecule has 3 heterocycles.